The molecule has 0 saturated heterocycles. The molecule has 0 bridgehead atoms. The number of nitrogens with one attached hydrogen (secondary N) is 1. The second-order valence-electron chi connectivity index (χ2n) is 5.64. The van der Waals surface area contributed by atoms with Crippen LogP contribution < -0.4 is 5.32 Å². The van der Waals surface area contributed by atoms with E-state index in [0.29, 0.717) is 6.54 Å². The van der Waals surface area contributed by atoms with E-state index in [1.54, 1.807) is 0 Å². The van der Waals surface area contributed by atoms with Crippen molar-refractivity contribution in [1.29, 1.82) is 0 Å². The lowest BCUT2D eigenvalue weighted by atomic mass is 10.0. The Bertz CT molecular complexity index is 661. The maximum absolute atomic E-state index is 13.1. The molecule has 3 nitrogen and oxygen atoms in total. The molecule has 2 aromatic rings. The number of hydrogen-bond donors (Lipinski definition) is 1. The fourth-order valence-corrected chi connectivity index (χ4v) is 2.56. The Morgan fingerprint density at radius 3 is 2.52 bits per heavy atom. The van der Waals surface area contributed by atoms with Gasteiger partial charge in [0.15, 0.2) is 0 Å². The van der Waals surface area contributed by atoms with Gasteiger partial charge < -0.3 is 10.2 Å². The van der Waals surface area contributed by atoms with Crippen LogP contribution in [0.15, 0.2) is 48.5 Å². The van der Waals surface area contributed by atoms with Gasteiger partial charge in [0.25, 0.3) is 5.91 Å². The highest BCUT2D eigenvalue weighted by Crippen LogP contribution is 2.17. The van der Waals surface area contributed by atoms with E-state index in [9.17, 15) is 9.18 Å². The maximum atomic E-state index is 13.1. The van der Waals surface area contributed by atoms with Crippen LogP contribution in [0.3, 0.4) is 0 Å². The van der Waals surface area contributed by atoms with Crippen LogP contribution in [-0.2, 0) is 6.42 Å². The number of likely N-dealkylation sites (N-methyl/N-ethyl adjacent to an activating group) is 1. The molecule has 0 unspecified atom stereocenters. The number of halogens is 2. The van der Waals surface area contributed by atoms with Gasteiger partial charge in [-0.05, 0) is 44.3 Å². The first-order valence-corrected chi connectivity index (χ1v) is 7.79. The minimum absolute atomic E-state index is 0.118. The van der Waals surface area contributed by atoms with Crippen LogP contribution in [0.1, 0.15) is 15.9 Å². The number of carbonyl (C=O) groups is 1. The van der Waals surface area contributed by atoms with Crippen molar-refractivity contribution in [2.75, 3.05) is 20.6 Å². The van der Waals surface area contributed by atoms with Gasteiger partial charge in [0, 0.05) is 12.6 Å². The Labute approximate surface area is 141 Å². The molecule has 2 aromatic carbocycles. The molecule has 0 saturated carbocycles. The molecule has 1 amide bonds. The number of nitrogens with zero attached hydrogens (tertiary/aromatic N) is 1. The first-order valence-electron chi connectivity index (χ1n) is 7.41. The van der Waals surface area contributed by atoms with E-state index < -0.39 is 5.82 Å². The molecule has 23 heavy (non-hydrogen) atoms. The Kier molecular flexibility index (Phi) is 6.13. The van der Waals surface area contributed by atoms with E-state index in [2.05, 4.69) is 22.3 Å². The zero-order chi connectivity index (χ0) is 16.8. The van der Waals surface area contributed by atoms with Crippen molar-refractivity contribution in [1.82, 2.24) is 10.2 Å². The second kappa shape index (κ2) is 8.09. The number of amides is 1. The normalized spacial score (nSPS) is 12.2. The van der Waals surface area contributed by atoms with Crippen molar-refractivity contribution in [2.24, 2.45) is 0 Å². The minimum Gasteiger partial charge on any atom is -0.350 e. The summed E-state index contributed by atoms with van der Waals surface area (Å²) in [6.45, 7) is 0.481. The topological polar surface area (TPSA) is 32.3 Å². The van der Waals surface area contributed by atoms with Gasteiger partial charge in [-0.25, -0.2) is 4.39 Å². The van der Waals surface area contributed by atoms with Crippen LogP contribution in [0, 0.1) is 5.82 Å². The van der Waals surface area contributed by atoms with Crippen molar-refractivity contribution >= 4 is 17.5 Å². The molecule has 2 rings (SSSR count). The van der Waals surface area contributed by atoms with E-state index in [-0.39, 0.29) is 22.5 Å². The highest BCUT2D eigenvalue weighted by atomic mass is 35.5. The molecule has 1 atom stereocenters. The molecular weight excluding hydrogens is 315 g/mol. The Morgan fingerprint density at radius 1 is 1.22 bits per heavy atom. The van der Waals surface area contributed by atoms with Crippen LogP contribution in [0.25, 0.3) is 0 Å². The molecule has 0 fully saturated rings. The summed E-state index contributed by atoms with van der Waals surface area (Å²) < 4.78 is 13.1. The fourth-order valence-electron chi connectivity index (χ4n) is 2.30. The molecule has 0 aliphatic carbocycles. The predicted octanol–water partition coefficient (Wildman–Crippen LogP) is 3.38. The van der Waals surface area contributed by atoms with E-state index in [4.69, 9.17) is 11.6 Å². The van der Waals surface area contributed by atoms with Crippen molar-refractivity contribution in [3.05, 3.63) is 70.5 Å². The van der Waals surface area contributed by atoms with E-state index >= 15 is 0 Å². The molecular formula is C18H20ClFN2O. The Balaban J connectivity index is 1.99. The van der Waals surface area contributed by atoms with E-state index in [0.717, 1.165) is 12.5 Å². The molecule has 5 heteroatoms. The maximum Gasteiger partial charge on any atom is 0.252 e. The van der Waals surface area contributed by atoms with Crippen LogP contribution in [0.2, 0.25) is 5.02 Å². The summed E-state index contributed by atoms with van der Waals surface area (Å²) in [6.07, 6.45) is 0.825. The van der Waals surface area contributed by atoms with Gasteiger partial charge >= 0.3 is 0 Å². The van der Waals surface area contributed by atoms with Gasteiger partial charge in [-0.1, -0.05) is 41.9 Å². The van der Waals surface area contributed by atoms with Crippen molar-refractivity contribution < 1.29 is 9.18 Å². The standard InChI is InChI=1S/C18H20ClFN2O/c1-22(2)15(10-13-6-4-3-5-7-13)12-21-18(23)16-9-8-14(20)11-17(16)19/h3-9,11,15H,10,12H2,1-2H3,(H,21,23)/t15-/m1/s1. The predicted molar refractivity (Wildman–Crippen MR) is 91.4 cm³/mol. The summed E-state index contributed by atoms with van der Waals surface area (Å²) in [4.78, 5) is 14.3. The lowest BCUT2D eigenvalue weighted by Gasteiger charge is -2.25. The molecule has 0 heterocycles. The van der Waals surface area contributed by atoms with E-state index in [1.165, 1.54) is 17.7 Å². The van der Waals surface area contributed by atoms with Crippen LogP contribution >= 0.6 is 11.6 Å². The molecule has 0 aliphatic rings. The lowest BCUT2D eigenvalue weighted by molar-refractivity contribution is 0.0942. The van der Waals surface area contributed by atoms with Gasteiger partial charge in [0.2, 0.25) is 0 Å². The van der Waals surface area contributed by atoms with Crippen LogP contribution in [0.4, 0.5) is 4.39 Å². The summed E-state index contributed by atoms with van der Waals surface area (Å²) in [5.74, 6) is -0.753. The molecule has 1 N–H and O–H groups in total. The largest absolute Gasteiger partial charge is 0.350 e. The van der Waals surface area contributed by atoms with Gasteiger partial charge in [-0.2, -0.15) is 0 Å². The van der Waals surface area contributed by atoms with Gasteiger partial charge in [-0.3, -0.25) is 4.79 Å². The summed E-state index contributed by atoms with van der Waals surface area (Å²) in [6, 6.07) is 14.0. The molecule has 0 spiro atoms. The summed E-state index contributed by atoms with van der Waals surface area (Å²) >= 11 is 5.92. The zero-order valence-corrected chi connectivity index (χ0v) is 14.0. The van der Waals surface area contributed by atoms with Crippen LogP contribution in [-0.4, -0.2) is 37.5 Å². The van der Waals surface area contributed by atoms with Crippen LogP contribution in [0.5, 0.6) is 0 Å². The molecule has 0 aromatic heterocycles. The van der Waals surface area contributed by atoms with Crippen molar-refractivity contribution in [3.63, 3.8) is 0 Å². The summed E-state index contributed by atoms with van der Waals surface area (Å²) in [5.41, 5.74) is 1.49. The lowest BCUT2D eigenvalue weighted by Crippen LogP contribution is -2.41. The number of carbonyl (C=O) groups excluding carboxylic acids is 1. The first-order chi connectivity index (χ1) is 11.0. The van der Waals surface area contributed by atoms with Gasteiger partial charge in [-0.15, -0.1) is 0 Å². The molecule has 122 valence electrons. The quantitative estimate of drug-likeness (QED) is 0.878. The Morgan fingerprint density at radius 2 is 1.91 bits per heavy atom. The SMILES string of the molecule is CN(C)[C@@H](CNC(=O)c1ccc(F)cc1Cl)Cc1ccccc1. The summed E-state index contributed by atoms with van der Waals surface area (Å²) in [5, 5.41) is 2.99. The second-order valence-corrected chi connectivity index (χ2v) is 6.05. The van der Waals surface area contributed by atoms with Gasteiger partial charge in [0.05, 0.1) is 10.6 Å². The zero-order valence-electron chi connectivity index (χ0n) is 13.2. The third-order valence-electron chi connectivity index (χ3n) is 3.72. The van der Waals surface area contributed by atoms with Crippen molar-refractivity contribution in [3.8, 4) is 0 Å². The third kappa shape index (κ3) is 5.05. The average molecular weight is 335 g/mol. The molecule has 0 radical (unpaired) electrons. The minimum atomic E-state index is -0.457. The fraction of sp³-hybridized carbons (Fsp3) is 0.278. The highest BCUT2D eigenvalue weighted by Gasteiger charge is 2.16. The number of hydrogen-bond acceptors (Lipinski definition) is 2. The van der Waals surface area contributed by atoms with Crippen molar-refractivity contribution in [2.45, 2.75) is 12.5 Å². The number of benzene rings is 2. The monoisotopic (exact) mass is 334 g/mol. The smallest absolute Gasteiger partial charge is 0.252 e. The molecule has 0 aliphatic heterocycles. The highest BCUT2D eigenvalue weighted by molar-refractivity contribution is 6.33. The van der Waals surface area contributed by atoms with Gasteiger partial charge in [0.1, 0.15) is 5.82 Å². The van der Waals surface area contributed by atoms with E-state index in [1.807, 2.05) is 32.3 Å². The number of rotatable bonds is 6. The Hall–Kier alpha value is -1.91. The third-order valence-corrected chi connectivity index (χ3v) is 4.03. The summed E-state index contributed by atoms with van der Waals surface area (Å²) in [7, 11) is 3.95. The first kappa shape index (κ1) is 17.4. The average Bonchev–Trinajstić information content (AvgIpc) is 2.51.